The number of para-hydroxylation sites is 2. The van der Waals surface area contributed by atoms with Crippen LogP contribution in [0, 0.1) is 12.1 Å². The quantitative estimate of drug-likeness (QED) is 0.118. The van der Waals surface area contributed by atoms with Crippen LogP contribution in [0.2, 0.25) is 0 Å². The molecule has 10 aromatic rings. The Balaban J connectivity index is 0.000000329. The van der Waals surface area contributed by atoms with Crippen LogP contribution in [0.5, 0.6) is 0 Å². The molecule has 10 rings (SSSR count). The van der Waals surface area contributed by atoms with E-state index in [9.17, 15) is 0 Å². The summed E-state index contributed by atoms with van der Waals surface area (Å²) in [7, 11) is 0. The normalized spacial score (nSPS) is 11.2. The van der Waals surface area contributed by atoms with Crippen molar-refractivity contribution in [3.63, 3.8) is 0 Å². The number of aromatic nitrogens is 3. The first-order chi connectivity index (χ1) is 28.9. The first kappa shape index (κ1) is 40.3. The minimum Gasteiger partial charge on any atom is -0.333 e. The second-order valence-electron chi connectivity index (χ2n) is 15.6. The molecule has 0 saturated carbocycles. The Morgan fingerprint density at radius 1 is 0.517 bits per heavy atom. The van der Waals surface area contributed by atoms with Gasteiger partial charge in [0.25, 0.3) is 0 Å². The third-order valence-corrected chi connectivity index (χ3v) is 11.1. The molecule has 0 atom stereocenters. The molecule has 60 heavy (non-hydrogen) atoms. The maximum absolute atomic E-state index is 5.34. The average molecular weight is 952 g/mol. The zero-order chi connectivity index (χ0) is 40.3. The fraction of sp³-hybridized carbons (Fsp3) is 0.107. The Morgan fingerprint density at radius 2 is 1.17 bits per heavy atom. The van der Waals surface area contributed by atoms with Gasteiger partial charge in [0.2, 0.25) is 0 Å². The van der Waals surface area contributed by atoms with Gasteiger partial charge in [-0.25, -0.2) is 0 Å². The SMILES string of the molecule is CC(C)c1cc(-c2ccccc2)cc(C(C)C)c1-n1c(-c2[c-]cc3c(c2)c(-c2ccccc2)cc2ccccc23)nc2ccccc21.[Ir].[c-]1ccccc1-c1ccccn1. The Bertz CT molecular complexity index is 2960. The van der Waals surface area contributed by atoms with Crippen LogP contribution in [0.3, 0.4) is 0 Å². The van der Waals surface area contributed by atoms with Crippen LogP contribution in [0.15, 0.2) is 188 Å². The van der Waals surface area contributed by atoms with E-state index in [2.05, 4.69) is 189 Å². The predicted molar refractivity (Wildman–Crippen MR) is 248 cm³/mol. The summed E-state index contributed by atoms with van der Waals surface area (Å²) in [5, 5.41) is 4.87. The summed E-state index contributed by atoms with van der Waals surface area (Å²) in [6, 6.07) is 70.8. The van der Waals surface area contributed by atoms with Crippen LogP contribution < -0.4 is 0 Å². The number of hydrogen-bond acceptors (Lipinski definition) is 2. The molecule has 0 bridgehead atoms. The molecule has 0 aliphatic heterocycles. The third-order valence-electron chi connectivity index (χ3n) is 11.1. The number of nitrogens with zero attached hydrogens (tertiary/aromatic N) is 3. The summed E-state index contributed by atoms with van der Waals surface area (Å²) < 4.78 is 2.41. The Hall–Kier alpha value is -6.45. The summed E-state index contributed by atoms with van der Waals surface area (Å²) in [4.78, 5) is 9.56. The molecule has 2 heterocycles. The van der Waals surface area contributed by atoms with Gasteiger partial charge in [-0.1, -0.05) is 153 Å². The van der Waals surface area contributed by atoms with E-state index in [0.29, 0.717) is 11.8 Å². The number of pyridine rings is 1. The Labute approximate surface area is 366 Å². The minimum absolute atomic E-state index is 0. The van der Waals surface area contributed by atoms with Crippen molar-refractivity contribution in [2.75, 3.05) is 0 Å². The first-order valence-corrected chi connectivity index (χ1v) is 20.5. The van der Waals surface area contributed by atoms with Gasteiger partial charge in [-0.15, -0.1) is 59.7 Å². The monoisotopic (exact) mass is 952 g/mol. The molecule has 8 aromatic carbocycles. The first-order valence-electron chi connectivity index (χ1n) is 20.5. The van der Waals surface area contributed by atoms with Gasteiger partial charge in [-0.3, -0.25) is 4.98 Å². The standard InChI is InChI=1S/C45H37N2.C11H8N.Ir/c1-29(2)38-27-35(31-15-7-5-8-16-31)28-39(30(3)4)44(38)47-43-22-14-13-21-42(43)46-45(47)34-23-24-37-36-20-12-11-19-33(36)25-40(41(37)26-34)32-17-9-6-10-18-32;1-2-6-10(7-3-1)11-8-4-5-9-12-11;/h5-22,24-30H,1-4H3;1-6,8-9H;/q2*-1;. The van der Waals surface area contributed by atoms with E-state index in [1.165, 1.54) is 60.6 Å². The topological polar surface area (TPSA) is 30.7 Å². The summed E-state index contributed by atoms with van der Waals surface area (Å²) >= 11 is 0. The largest absolute Gasteiger partial charge is 0.333 e. The van der Waals surface area contributed by atoms with Gasteiger partial charge in [0.15, 0.2) is 0 Å². The number of imidazole rings is 1. The van der Waals surface area contributed by atoms with Crippen molar-refractivity contribution in [3.8, 4) is 50.6 Å². The van der Waals surface area contributed by atoms with Crippen LogP contribution in [0.25, 0.3) is 83.2 Å². The van der Waals surface area contributed by atoms with Gasteiger partial charge < -0.3 is 9.55 Å². The molecular formula is C56H45IrN3-2. The predicted octanol–water partition coefficient (Wildman–Crippen LogP) is 14.9. The molecule has 3 nitrogen and oxygen atoms in total. The molecule has 0 aliphatic carbocycles. The average Bonchev–Trinajstić information content (AvgIpc) is 3.69. The maximum Gasteiger partial charge on any atom is 0.0774 e. The Morgan fingerprint density at radius 3 is 1.85 bits per heavy atom. The molecule has 0 fully saturated rings. The van der Waals surface area contributed by atoms with E-state index in [1.54, 1.807) is 6.20 Å². The van der Waals surface area contributed by atoms with Gasteiger partial charge in [-0.2, -0.15) is 0 Å². The van der Waals surface area contributed by atoms with E-state index < -0.39 is 0 Å². The van der Waals surface area contributed by atoms with Crippen molar-refractivity contribution in [2.45, 2.75) is 39.5 Å². The van der Waals surface area contributed by atoms with E-state index >= 15 is 0 Å². The number of hydrogen-bond donors (Lipinski definition) is 0. The molecule has 1 radical (unpaired) electrons. The fourth-order valence-electron chi connectivity index (χ4n) is 8.15. The molecular weight excluding hydrogens is 907 g/mol. The third kappa shape index (κ3) is 7.97. The van der Waals surface area contributed by atoms with Gasteiger partial charge in [-0.05, 0) is 92.7 Å². The number of fused-ring (bicyclic) bond motifs is 4. The van der Waals surface area contributed by atoms with Crippen LogP contribution in [-0.4, -0.2) is 14.5 Å². The number of rotatable bonds is 7. The van der Waals surface area contributed by atoms with E-state index in [0.717, 1.165) is 33.7 Å². The van der Waals surface area contributed by atoms with Gasteiger partial charge in [0, 0.05) is 32.0 Å². The zero-order valence-electron chi connectivity index (χ0n) is 34.2. The summed E-state index contributed by atoms with van der Waals surface area (Å²) in [6.07, 6.45) is 1.79. The van der Waals surface area contributed by atoms with Gasteiger partial charge >= 0.3 is 0 Å². The van der Waals surface area contributed by atoms with Crippen molar-refractivity contribution in [2.24, 2.45) is 0 Å². The maximum atomic E-state index is 5.34. The van der Waals surface area contributed by atoms with Crippen LogP contribution in [0.1, 0.15) is 50.7 Å². The van der Waals surface area contributed by atoms with Crippen molar-refractivity contribution >= 4 is 32.6 Å². The fourth-order valence-corrected chi connectivity index (χ4v) is 8.15. The summed E-state index contributed by atoms with van der Waals surface area (Å²) in [5.41, 5.74) is 13.9. The molecule has 295 valence electrons. The van der Waals surface area contributed by atoms with Crippen molar-refractivity contribution in [1.29, 1.82) is 0 Å². The van der Waals surface area contributed by atoms with Gasteiger partial charge in [0.05, 0.1) is 16.9 Å². The molecule has 0 unspecified atom stereocenters. The van der Waals surface area contributed by atoms with E-state index in [-0.39, 0.29) is 20.1 Å². The summed E-state index contributed by atoms with van der Waals surface area (Å²) in [6.45, 7) is 9.21. The second-order valence-corrected chi connectivity index (χ2v) is 15.6. The van der Waals surface area contributed by atoms with Crippen LogP contribution >= 0.6 is 0 Å². The molecule has 0 spiro atoms. The minimum atomic E-state index is 0. The molecule has 0 amide bonds. The van der Waals surface area contributed by atoms with E-state index in [4.69, 9.17) is 4.98 Å². The van der Waals surface area contributed by atoms with Crippen molar-refractivity contribution in [3.05, 3.63) is 211 Å². The van der Waals surface area contributed by atoms with Crippen molar-refractivity contribution < 1.29 is 20.1 Å². The summed E-state index contributed by atoms with van der Waals surface area (Å²) in [5.74, 6) is 1.52. The zero-order valence-corrected chi connectivity index (χ0v) is 36.6. The molecule has 4 heteroatoms. The molecule has 0 aliphatic rings. The van der Waals surface area contributed by atoms with Gasteiger partial charge in [0.1, 0.15) is 0 Å². The molecule has 2 aromatic heterocycles. The van der Waals surface area contributed by atoms with Crippen LogP contribution in [0.4, 0.5) is 0 Å². The van der Waals surface area contributed by atoms with Crippen molar-refractivity contribution in [1.82, 2.24) is 14.5 Å². The van der Waals surface area contributed by atoms with E-state index in [1.807, 2.05) is 42.5 Å². The smallest absolute Gasteiger partial charge is 0.0774 e. The second kappa shape index (κ2) is 17.8. The number of benzene rings is 8. The molecule has 0 N–H and O–H groups in total. The Kier molecular flexibility index (Phi) is 12.0. The van der Waals surface area contributed by atoms with Crippen LogP contribution in [-0.2, 0) is 20.1 Å². The molecule has 0 saturated heterocycles.